The summed E-state index contributed by atoms with van der Waals surface area (Å²) < 4.78 is 4.64. The van der Waals surface area contributed by atoms with E-state index in [0.717, 1.165) is 0 Å². The second-order valence-corrected chi connectivity index (χ2v) is 8.54. The summed E-state index contributed by atoms with van der Waals surface area (Å²) in [6.45, 7) is -0.0361. The predicted molar refractivity (Wildman–Crippen MR) is 144 cm³/mol. The minimum atomic E-state index is -0.463. The number of amides is 4. The molecule has 3 heterocycles. The Morgan fingerprint density at radius 3 is 1.67 bits per heavy atom. The molecule has 0 radical (unpaired) electrons. The molecule has 0 aliphatic rings. The van der Waals surface area contributed by atoms with Crippen molar-refractivity contribution in [3.05, 3.63) is 53.9 Å². The molecule has 0 bridgehead atoms. The quantitative estimate of drug-likeness (QED) is 0.119. The number of hydrogen-bond donors (Lipinski definition) is 6. The van der Waals surface area contributed by atoms with Crippen LogP contribution in [0.25, 0.3) is 0 Å². The summed E-state index contributed by atoms with van der Waals surface area (Å²) >= 11 is 0. The maximum atomic E-state index is 12.9. The number of aromatic nitrogens is 3. The van der Waals surface area contributed by atoms with Gasteiger partial charge >= 0.3 is 0 Å². The van der Waals surface area contributed by atoms with Crippen LogP contribution in [0.1, 0.15) is 37.9 Å². The highest BCUT2D eigenvalue weighted by Crippen LogP contribution is 2.19. The van der Waals surface area contributed by atoms with E-state index in [9.17, 15) is 19.2 Å². The first-order valence-electron chi connectivity index (χ1n) is 11.6. The summed E-state index contributed by atoms with van der Waals surface area (Å²) in [5, 5.41) is 19.3. The van der Waals surface area contributed by atoms with Crippen molar-refractivity contribution in [2.75, 3.05) is 29.0 Å². The fourth-order valence-corrected chi connectivity index (χ4v) is 3.65. The lowest BCUT2D eigenvalue weighted by Crippen LogP contribution is -2.25. The van der Waals surface area contributed by atoms with Crippen LogP contribution in [0.4, 0.5) is 17.1 Å². The molecule has 15 nitrogen and oxygen atoms in total. The zero-order valence-electron chi connectivity index (χ0n) is 21.6. The lowest BCUT2D eigenvalue weighted by Gasteiger charge is -2.03. The van der Waals surface area contributed by atoms with Crippen molar-refractivity contribution >= 4 is 46.7 Å². The van der Waals surface area contributed by atoms with E-state index in [2.05, 4.69) is 26.3 Å². The maximum absolute atomic E-state index is 12.9. The first-order valence-corrected chi connectivity index (χ1v) is 11.6. The van der Waals surface area contributed by atoms with E-state index in [1.54, 1.807) is 48.9 Å². The molecule has 8 N–H and O–H groups in total. The molecule has 0 fully saturated rings. The number of nitriles is 1. The smallest absolute Gasteiger partial charge is 0.272 e. The SMILES string of the molecule is Cn1cc(NC(=O)c2cc(NC(=O)c3cc(NC(=O)CN=C(N)N)cn3C)cn2C)cc1C(=O)NCCC#N. The second kappa shape index (κ2) is 12.1. The molecule has 3 aromatic heterocycles. The fraction of sp³-hybridized carbons (Fsp3) is 0.250. The molecule has 15 heteroatoms. The van der Waals surface area contributed by atoms with Crippen molar-refractivity contribution in [3.8, 4) is 6.07 Å². The summed E-state index contributed by atoms with van der Waals surface area (Å²) in [5.74, 6) is -1.95. The Morgan fingerprint density at radius 2 is 1.23 bits per heavy atom. The summed E-state index contributed by atoms with van der Waals surface area (Å²) in [5.41, 5.74) is 12.4. The van der Waals surface area contributed by atoms with Gasteiger partial charge in [-0.25, -0.2) is 4.99 Å². The molecule has 0 aliphatic heterocycles. The van der Waals surface area contributed by atoms with Crippen LogP contribution in [0.2, 0.25) is 0 Å². The molecule has 0 saturated carbocycles. The van der Waals surface area contributed by atoms with Crippen molar-refractivity contribution in [1.82, 2.24) is 19.0 Å². The maximum Gasteiger partial charge on any atom is 0.272 e. The monoisotopic (exact) mass is 535 g/mol. The Kier molecular flexibility index (Phi) is 8.74. The van der Waals surface area contributed by atoms with E-state index in [-0.39, 0.29) is 42.8 Å². The lowest BCUT2D eigenvalue weighted by atomic mass is 10.3. The zero-order valence-corrected chi connectivity index (χ0v) is 21.6. The van der Waals surface area contributed by atoms with Crippen molar-refractivity contribution in [2.24, 2.45) is 37.6 Å². The average molecular weight is 536 g/mol. The molecule has 0 unspecified atom stereocenters. The number of rotatable bonds is 10. The molecular weight excluding hydrogens is 506 g/mol. The third-order valence-corrected chi connectivity index (χ3v) is 5.44. The molecule has 39 heavy (non-hydrogen) atoms. The van der Waals surface area contributed by atoms with E-state index in [1.807, 2.05) is 6.07 Å². The Labute approximate surface area is 223 Å². The molecule has 3 rings (SSSR count). The molecule has 0 atom stereocenters. The minimum absolute atomic E-state index is 0.189. The van der Waals surface area contributed by atoms with E-state index in [0.29, 0.717) is 22.8 Å². The van der Waals surface area contributed by atoms with Gasteiger partial charge in [0, 0.05) is 46.3 Å². The van der Waals surface area contributed by atoms with E-state index in [4.69, 9.17) is 16.7 Å². The first-order chi connectivity index (χ1) is 18.5. The Hall–Kier alpha value is -5.52. The van der Waals surface area contributed by atoms with E-state index < -0.39 is 17.7 Å². The third-order valence-electron chi connectivity index (χ3n) is 5.44. The lowest BCUT2D eigenvalue weighted by molar-refractivity contribution is -0.114. The average Bonchev–Trinajstić information content (AvgIpc) is 3.53. The van der Waals surface area contributed by atoms with Crippen LogP contribution < -0.4 is 32.7 Å². The van der Waals surface area contributed by atoms with Crippen LogP contribution in [0.3, 0.4) is 0 Å². The van der Waals surface area contributed by atoms with Crippen LogP contribution in [0.5, 0.6) is 0 Å². The van der Waals surface area contributed by atoms with Crippen LogP contribution in [0, 0.1) is 11.3 Å². The van der Waals surface area contributed by atoms with Gasteiger partial charge in [0.05, 0.1) is 29.6 Å². The van der Waals surface area contributed by atoms with Gasteiger partial charge in [-0.05, 0) is 18.2 Å². The van der Waals surface area contributed by atoms with Crippen molar-refractivity contribution in [2.45, 2.75) is 6.42 Å². The minimum Gasteiger partial charge on any atom is -0.370 e. The fourth-order valence-electron chi connectivity index (χ4n) is 3.65. The largest absolute Gasteiger partial charge is 0.370 e. The number of aryl methyl sites for hydroxylation is 3. The number of guanidine groups is 1. The third kappa shape index (κ3) is 7.26. The van der Waals surface area contributed by atoms with E-state index >= 15 is 0 Å². The van der Waals surface area contributed by atoms with Crippen LogP contribution in [-0.2, 0) is 25.9 Å². The zero-order chi connectivity index (χ0) is 28.7. The molecule has 0 aliphatic carbocycles. The first kappa shape index (κ1) is 28.1. The number of anilines is 3. The van der Waals surface area contributed by atoms with E-state index in [1.165, 1.54) is 22.8 Å². The van der Waals surface area contributed by atoms with Gasteiger partial charge in [0.25, 0.3) is 17.7 Å². The van der Waals surface area contributed by atoms with Gasteiger partial charge in [0.1, 0.15) is 23.6 Å². The van der Waals surface area contributed by atoms with Crippen molar-refractivity contribution in [1.29, 1.82) is 5.26 Å². The normalized spacial score (nSPS) is 10.3. The molecule has 0 saturated heterocycles. The highest BCUT2D eigenvalue weighted by Gasteiger charge is 2.18. The molecular formula is C24H29N11O4. The van der Waals surface area contributed by atoms with Gasteiger partial charge in [0.2, 0.25) is 5.91 Å². The number of nitrogens with zero attached hydrogens (tertiary/aromatic N) is 5. The summed E-state index contributed by atoms with van der Waals surface area (Å²) in [6, 6.07) is 6.47. The molecule has 4 amide bonds. The van der Waals surface area contributed by atoms with Gasteiger partial charge in [-0.15, -0.1) is 0 Å². The van der Waals surface area contributed by atoms with Gasteiger partial charge in [-0.1, -0.05) is 0 Å². The molecule has 0 spiro atoms. The topological polar surface area (TPSA) is 219 Å². The van der Waals surface area contributed by atoms with Crippen LogP contribution in [0.15, 0.2) is 41.8 Å². The number of hydrogen-bond acceptors (Lipinski definition) is 6. The number of nitrogens with one attached hydrogen (secondary N) is 4. The van der Waals surface area contributed by atoms with Gasteiger partial charge in [-0.2, -0.15) is 5.26 Å². The predicted octanol–water partition coefficient (Wildman–Crippen LogP) is 0.0621. The van der Waals surface area contributed by atoms with Crippen LogP contribution in [-0.4, -0.2) is 56.4 Å². The van der Waals surface area contributed by atoms with Crippen LogP contribution >= 0.6 is 0 Å². The molecule has 3 aromatic rings. The Bertz CT molecular complexity index is 1480. The number of carbonyl (C=O) groups is 4. The summed E-state index contributed by atoms with van der Waals surface area (Å²) in [6.07, 6.45) is 4.91. The van der Waals surface area contributed by atoms with Crippen molar-refractivity contribution < 1.29 is 19.2 Å². The highest BCUT2D eigenvalue weighted by molar-refractivity contribution is 6.07. The van der Waals surface area contributed by atoms with Crippen molar-refractivity contribution in [3.63, 3.8) is 0 Å². The highest BCUT2D eigenvalue weighted by atomic mass is 16.2. The second-order valence-electron chi connectivity index (χ2n) is 8.54. The standard InChI is InChI=1S/C24H29N11O4/c1-33-12-15(8-17(33)21(37)28-6-4-5-25)31-23(39)19-9-16(13-35(19)3)32-22(38)18-7-14(11-34(18)2)30-20(36)10-29-24(26)27/h7-9,11-13H,4,6,10H2,1-3H3,(H,28,37)(H,30,36)(H,31,39)(H,32,38)(H4,26,27,29). The van der Waals surface area contributed by atoms with Gasteiger partial charge in [0.15, 0.2) is 5.96 Å². The van der Waals surface area contributed by atoms with Gasteiger partial charge < -0.3 is 46.4 Å². The number of carbonyl (C=O) groups excluding carboxylic acids is 4. The number of aliphatic imine (C=N–C) groups is 1. The number of nitrogens with two attached hydrogens (primary N) is 2. The Balaban J connectivity index is 1.65. The Morgan fingerprint density at radius 1 is 0.795 bits per heavy atom. The molecule has 0 aromatic carbocycles. The summed E-state index contributed by atoms with van der Waals surface area (Å²) in [7, 11) is 4.95. The van der Waals surface area contributed by atoms with Gasteiger partial charge in [-0.3, -0.25) is 19.2 Å². The summed E-state index contributed by atoms with van der Waals surface area (Å²) in [4.78, 5) is 53.6. The molecule has 204 valence electrons.